The molecule has 1 amide bonds. The van der Waals surface area contributed by atoms with Crippen LogP contribution in [0.4, 0.5) is 0 Å². The van der Waals surface area contributed by atoms with Gasteiger partial charge in [-0.15, -0.1) is 11.3 Å². The van der Waals surface area contributed by atoms with Crippen molar-refractivity contribution in [2.75, 3.05) is 33.3 Å². The lowest BCUT2D eigenvalue weighted by atomic mass is 10.2. The summed E-state index contributed by atoms with van der Waals surface area (Å²) in [6.07, 6.45) is 0. The summed E-state index contributed by atoms with van der Waals surface area (Å²) >= 11 is 3.21. The second-order valence-electron chi connectivity index (χ2n) is 6.86. The molecule has 0 bridgehead atoms. The van der Waals surface area contributed by atoms with Crippen molar-refractivity contribution in [3.63, 3.8) is 0 Å². The second-order valence-corrected chi connectivity index (χ2v) is 8.64. The Bertz CT molecular complexity index is 927. The van der Waals surface area contributed by atoms with Crippen LogP contribution in [0.15, 0.2) is 41.1 Å². The molecular formula is C21H23N3O2S2. The summed E-state index contributed by atoms with van der Waals surface area (Å²) in [6, 6.07) is 9.97. The van der Waals surface area contributed by atoms with Gasteiger partial charge in [0.1, 0.15) is 15.6 Å². The van der Waals surface area contributed by atoms with Crippen LogP contribution in [0.5, 0.6) is 5.75 Å². The molecule has 1 aromatic carbocycles. The van der Waals surface area contributed by atoms with Gasteiger partial charge in [0, 0.05) is 38.3 Å². The highest BCUT2D eigenvalue weighted by Crippen LogP contribution is 2.30. The van der Waals surface area contributed by atoms with Gasteiger partial charge in [-0.3, -0.25) is 9.69 Å². The van der Waals surface area contributed by atoms with Crippen molar-refractivity contribution in [2.45, 2.75) is 13.5 Å². The zero-order chi connectivity index (χ0) is 19.5. The minimum Gasteiger partial charge on any atom is -0.497 e. The fourth-order valence-corrected chi connectivity index (χ4v) is 5.04. The summed E-state index contributed by atoms with van der Waals surface area (Å²) in [5.74, 6) is 0.915. The van der Waals surface area contributed by atoms with Crippen LogP contribution in [0.1, 0.15) is 20.9 Å². The number of aryl methyl sites for hydroxylation is 1. The smallest absolute Gasteiger partial charge is 0.265 e. The fraction of sp³-hybridized carbons (Fsp3) is 0.333. The third kappa shape index (κ3) is 4.11. The highest BCUT2D eigenvalue weighted by molar-refractivity contribution is 7.17. The number of carbonyl (C=O) groups excluding carboxylic acids is 1. The van der Waals surface area contributed by atoms with Crippen LogP contribution in [0.3, 0.4) is 0 Å². The molecule has 1 saturated heterocycles. The monoisotopic (exact) mass is 413 g/mol. The quantitative estimate of drug-likeness (QED) is 0.630. The molecule has 28 heavy (non-hydrogen) atoms. The van der Waals surface area contributed by atoms with Crippen LogP contribution in [-0.4, -0.2) is 54.0 Å². The minimum absolute atomic E-state index is 0.102. The van der Waals surface area contributed by atoms with Crippen LogP contribution in [0.2, 0.25) is 0 Å². The van der Waals surface area contributed by atoms with Crippen LogP contribution < -0.4 is 4.74 Å². The van der Waals surface area contributed by atoms with E-state index in [1.54, 1.807) is 18.4 Å². The first-order valence-electron chi connectivity index (χ1n) is 9.28. The predicted molar refractivity (Wildman–Crippen MR) is 114 cm³/mol. The SMILES string of the molecule is COc1ccc(-c2nc(C)c(C(=O)N3CCN(Cc4ccsc4)CC3)s2)cc1. The van der Waals surface area contributed by atoms with Gasteiger partial charge < -0.3 is 9.64 Å². The van der Waals surface area contributed by atoms with Gasteiger partial charge in [0.15, 0.2) is 0 Å². The van der Waals surface area contributed by atoms with Crippen LogP contribution in [0.25, 0.3) is 10.6 Å². The van der Waals surface area contributed by atoms with E-state index >= 15 is 0 Å². The summed E-state index contributed by atoms with van der Waals surface area (Å²) in [5.41, 5.74) is 3.17. The van der Waals surface area contributed by atoms with Gasteiger partial charge in [-0.1, -0.05) is 0 Å². The maximum absolute atomic E-state index is 13.0. The Morgan fingerprint density at radius 1 is 1.14 bits per heavy atom. The van der Waals surface area contributed by atoms with Gasteiger partial charge in [-0.05, 0) is 53.6 Å². The number of hydrogen-bond donors (Lipinski definition) is 0. The van der Waals surface area contributed by atoms with Gasteiger partial charge in [0.2, 0.25) is 0 Å². The molecule has 0 spiro atoms. The first-order valence-corrected chi connectivity index (χ1v) is 11.0. The summed E-state index contributed by atoms with van der Waals surface area (Å²) in [4.78, 5) is 22.8. The highest BCUT2D eigenvalue weighted by atomic mass is 32.1. The molecule has 0 N–H and O–H groups in total. The van der Waals surface area contributed by atoms with Crippen molar-refractivity contribution in [1.82, 2.24) is 14.8 Å². The van der Waals surface area contributed by atoms with Gasteiger partial charge >= 0.3 is 0 Å². The lowest BCUT2D eigenvalue weighted by Crippen LogP contribution is -2.48. The van der Waals surface area contributed by atoms with Crippen LogP contribution in [0, 0.1) is 6.92 Å². The van der Waals surface area contributed by atoms with Gasteiger partial charge in [-0.25, -0.2) is 4.98 Å². The third-order valence-corrected chi connectivity index (χ3v) is 6.90. The maximum Gasteiger partial charge on any atom is 0.265 e. The summed E-state index contributed by atoms with van der Waals surface area (Å²) in [7, 11) is 1.65. The van der Waals surface area contributed by atoms with Gasteiger partial charge in [-0.2, -0.15) is 11.3 Å². The average molecular weight is 414 g/mol. The molecule has 7 heteroatoms. The van der Waals surface area contributed by atoms with E-state index < -0.39 is 0 Å². The fourth-order valence-electron chi connectivity index (χ4n) is 3.35. The predicted octanol–water partition coefficient (Wildman–Crippen LogP) is 4.15. The van der Waals surface area contributed by atoms with Crippen molar-refractivity contribution in [3.8, 4) is 16.3 Å². The van der Waals surface area contributed by atoms with Crippen molar-refractivity contribution in [1.29, 1.82) is 0 Å². The molecule has 1 aliphatic rings. The molecule has 0 atom stereocenters. The molecular weight excluding hydrogens is 390 g/mol. The number of carbonyl (C=O) groups is 1. The Hall–Kier alpha value is -2.22. The number of aromatic nitrogens is 1. The number of thiophene rings is 1. The maximum atomic E-state index is 13.0. The number of amides is 1. The van der Waals surface area contributed by atoms with Gasteiger partial charge in [0.05, 0.1) is 12.8 Å². The standard InChI is InChI=1S/C21H23N3O2S2/c1-15-19(28-20(22-15)17-3-5-18(26-2)6-4-17)21(25)24-10-8-23(9-11-24)13-16-7-12-27-14-16/h3-7,12,14H,8-11,13H2,1-2H3. The number of hydrogen-bond acceptors (Lipinski definition) is 6. The van der Waals surface area contributed by atoms with E-state index in [2.05, 4.69) is 26.7 Å². The third-order valence-electron chi connectivity index (χ3n) is 4.97. The molecule has 1 fully saturated rings. The molecule has 3 aromatic rings. The molecule has 2 aromatic heterocycles. The molecule has 0 aliphatic carbocycles. The van der Waals surface area contributed by atoms with E-state index in [0.29, 0.717) is 0 Å². The van der Waals surface area contributed by atoms with E-state index in [-0.39, 0.29) is 5.91 Å². The van der Waals surface area contributed by atoms with E-state index in [1.165, 1.54) is 16.9 Å². The molecule has 0 unspecified atom stereocenters. The number of rotatable bonds is 5. The lowest BCUT2D eigenvalue weighted by Gasteiger charge is -2.34. The first kappa shape index (κ1) is 19.1. The highest BCUT2D eigenvalue weighted by Gasteiger charge is 2.25. The molecule has 1 aliphatic heterocycles. The zero-order valence-corrected chi connectivity index (χ0v) is 17.7. The number of methoxy groups -OCH3 is 1. The normalized spacial score (nSPS) is 15.0. The lowest BCUT2D eigenvalue weighted by molar-refractivity contribution is 0.0632. The number of benzene rings is 1. The van der Waals surface area contributed by atoms with Crippen molar-refractivity contribution in [2.24, 2.45) is 0 Å². The van der Waals surface area contributed by atoms with E-state index in [0.717, 1.165) is 59.6 Å². The Labute approximate surface area is 173 Å². The molecule has 146 valence electrons. The van der Waals surface area contributed by atoms with Crippen molar-refractivity contribution < 1.29 is 9.53 Å². The zero-order valence-electron chi connectivity index (χ0n) is 16.1. The molecule has 0 saturated carbocycles. The Morgan fingerprint density at radius 2 is 1.89 bits per heavy atom. The Balaban J connectivity index is 1.41. The largest absolute Gasteiger partial charge is 0.497 e. The number of ether oxygens (including phenoxy) is 1. The van der Waals surface area contributed by atoms with Crippen molar-refractivity contribution >= 4 is 28.6 Å². The summed E-state index contributed by atoms with van der Waals surface area (Å²) < 4.78 is 5.21. The van der Waals surface area contributed by atoms with Gasteiger partial charge in [0.25, 0.3) is 5.91 Å². The number of thiazole rings is 1. The van der Waals surface area contributed by atoms with E-state index in [4.69, 9.17) is 4.74 Å². The van der Waals surface area contributed by atoms with E-state index in [1.807, 2.05) is 36.1 Å². The molecule has 0 radical (unpaired) electrons. The summed E-state index contributed by atoms with van der Waals surface area (Å²) in [6.45, 7) is 6.22. The first-order chi connectivity index (χ1) is 13.6. The topological polar surface area (TPSA) is 45.7 Å². The molecule has 5 nitrogen and oxygen atoms in total. The Kier molecular flexibility index (Phi) is 5.75. The minimum atomic E-state index is 0.102. The van der Waals surface area contributed by atoms with E-state index in [9.17, 15) is 4.79 Å². The van der Waals surface area contributed by atoms with Crippen LogP contribution >= 0.6 is 22.7 Å². The summed E-state index contributed by atoms with van der Waals surface area (Å²) in [5, 5.41) is 5.18. The van der Waals surface area contributed by atoms with Crippen LogP contribution in [-0.2, 0) is 6.54 Å². The Morgan fingerprint density at radius 3 is 2.54 bits per heavy atom. The number of nitrogens with zero attached hydrogens (tertiary/aromatic N) is 3. The average Bonchev–Trinajstić information content (AvgIpc) is 3.38. The number of piperazine rings is 1. The van der Waals surface area contributed by atoms with Crippen molar-refractivity contribution in [3.05, 3.63) is 57.2 Å². The second kappa shape index (κ2) is 8.43. The molecule has 3 heterocycles. The molecule has 4 rings (SSSR count).